The van der Waals surface area contributed by atoms with Crippen LogP contribution in [0.3, 0.4) is 0 Å². The van der Waals surface area contributed by atoms with Gasteiger partial charge in [-0.2, -0.15) is 0 Å². The van der Waals surface area contributed by atoms with Crippen molar-refractivity contribution in [2.45, 2.75) is 20.3 Å². The molecule has 0 aliphatic rings. The van der Waals surface area contributed by atoms with E-state index in [1.165, 1.54) is 5.56 Å². The van der Waals surface area contributed by atoms with Crippen LogP contribution in [0.15, 0.2) is 53.0 Å². The molecule has 0 aliphatic carbocycles. The van der Waals surface area contributed by atoms with Crippen LogP contribution in [-0.4, -0.2) is 17.2 Å². The molecule has 0 saturated heterocycles. The van der Waals surface area contributed by atoms with Crippen molar-refractivity contribution in [2.75, 3.05) is 0 Å². The third kappa shape index (κ3) is 5.60. The van der Waals surface area contributed by atoms with E-state index < -0.39 is 7.12 Å². The summed E-state index contributed by atoms with van der Waals surface area (Å²) in [6.45, 7) is 4.06. The topological polar surface area (TPSA) is 40.5 Å². The van der Waals surface area contributed by atoms with Gasteiger partial charge in [-0.05, 0) is 36.5 Å². The van der Waals surface area contributed by atoms with Crippen molar-refractivity contribution in [2.24, 2.45) is 0 Å². The van der Waals surface area contributed by atoms with Crippen LogP contribution in [0, 0.1) is 6.92 Å². The lowest BCUT2D eigenvalue weighted by Gasteiger charge is -2.04. The average molecular weight is 321 g/mol. The van der Waals surface area contributed by atoms with Gasteiger partial charge in [0, 0.05) is 4.47 Å². The summed E-state index contributed by atoms with van der Waals surface area (Å²) < 4.78 is 1.14. The van der Waals surface area contributed by atoms with Crippen molar-refractivity contribution in [3.05, 3.63) is 64.1 Å². The summed E-state index contributed by atoms with van der Waals surface area (Å²) in [5.41, 5.74) is 2.89. The van der Waals surface area contributed by atoms with E-state index in [1.54, 1.807) is 12.1 Å². The van der Waals surface area contributed by atoms with E-state index in [0.717, 1.165) is 16.5 Å². The molecule has 0 aromatic heterocycles. The summed E-state index contributed by atoms with van der Waals surface area (Å²) in [6, 6.07) is 15.5. The standard InChI is InChI=1S/C8H11BO2.C7H7Br/c1-2-7-5-3-4-6-8(7)9(10)11;1-6-2-4-7(8)5-3-6/h3-6,10-11H,2H2,1H3;2-5H,1H3. The molecule has 0 heterocycles. The van der Waals surface area contributed by atoms with Crippen molar-refractivity contribution < 1.29 is 10.0 Å². The van der Waals surface area contributed by atoms with Crippen molar-refractivity contribution in [1.29, 1.82) is 0 Å². The SMILES string of the molecule is CCc1ccccc1B(O)O.Cc1ccc(Br)cc1. The molecule has 0 unspecified atom stereocenters. The summed E-state index contributed by atoms with van der Waals surface area (Å²) in [6.07, 6.45) is 0.827. The fourth-order valence-corrected chi connectivity index (χ4v) is 1.91. The van der Waals surface area contributed by atoms with Gasteiger partial charge in [0.25, 0.3) is 0 Å². The summed E-state index contributed by atoms with van der Waals surface area (Å²) in [7, 11) is -1.34. The number of hydrogen-bond acceptors (Lipinski definition) is 2. The lowest BCUT2D eigenvalue weighted by atomic mass is 9.76. The number of benzene rings is 2. The average Bonchev–Trinajstić information content (AvgIpc) is 2.42. The van der Waals surface area contributed by atoms with E-state index in [9.17, 15) is 0 Å². The second-order valence-electron chi connectivity index (χ2n) is 4.22. The van der Waals surface area contributed by atoms with Crippen molar-refractivity contribution in [1.82, 2.24) is 0 Å². The number of rotatable bonds is 2. The fraction of sp³-hybridized carbons (Fsp3) is 0.200. The Balaban J connectivity index is 0.000000200. The second kappa shape index (κ2) is 8.15. The minimum Gasteiger partial charge on any atom is -0.423 e. The Labute approximate surface area is 123 Å². The van der Waals surface area contributed by atoms with Crippen LogP contribution >= 0.6 is 15.9 Å². The highest BCUT2D eigenvalue weighted by molar-refractivity contribution is 9.10. The van der Waals surface area contributed by atoms with Crippen molar-refractivity contribution >= 4 is 28.5 Å². The predicted molar refractivity (Wildman–Crippen MR) is 84.5 cm³/mol. The van der Waals surface area contributed by atoms with Gasteiger partial charge in [0.1, 0.15) is 0 Å². The molecule has 2 aromatic rings. The first-order chi connectivity index (χ1) is 9.04. The van der Waals surface area contributed by atoms with Gasteiger partial charge in [-0.1, -0.05) is 64.8 Å². The molecule has 19 heavy (non-hydrogen) atoms. The lowest BCUT2D eigenvalue weighted by Crippen LogP contribution is -2.32. The molecule has 0 fully saturated rings. The highest BCUT2D eigenvalue weighted by Gasteiger charge is 2.13. The summed E-state index contributed by atoms with van der Waals surface area (Å²) >= 11 is 3.35. The number of halogens is 1. The molecule has 0 saturated carbocycles. The smallest absolute Gasteiger partial charge is 0.423 e. The first-order valence-corrected chi connectivity index (χ1v) is 7.00. The molecule has 100 valence electrons. The Hall–Kier alpha value is -1.10. The molecule has 0 radical (unpaired) electrons. The minimum absolute atomic E-state index is 0.606. The Morgan fingerprint density at radius 2 is 1.58 bits per heavy atom. The molecule has 2 rings (SSSR count). The van der Waals surface area contributed by atoms with Gasteiger partial charge in [-0.15, -0.1) is 0 Å². The first kappa shape index (κ1) is 16.0. The maximum Gasteiger partial charge on any atom is 0.488 e. The molecule has 2 nitrogen and oxygen atoms in total. The van der Waals surface area contributed by atoms with E-state index in [1.807, 2.05) is 31.2 Å². The zero-order valence-corrected chi connectivity index (χ0v) is 12.8. The molecule has 0 atom stereocenters. The van der Waals surface area contributed by atoms with Crippen LogP contribution in [0.25, 0.3) is 0 Å². The van der Waals surface area contributed by atoms with Crippen LogP contribution in [0.2, 0.25) is 0 Å². The molecular formula is C15H18BBrO2. The van der Waals surface area contributed by atoms with Gasteiger partial charge in [0.15, 0.2) is 0 Å². The van der Waals surface area contributed by atoms with Gasteiger partial charge >= 0.3 is 7.12 Å². The van der Waals surface area contributed by atoms with Crippen molar-refractivity contribution in [3.63, 3.8) is 0 Å². The number of hydrogen-bond donors (Lipinski definition) is 2. The van der Waals surface area contributed by atoms with Gasteiger partial charge in [-0.25, -0.2) is 0 Å². The second-order valence-corrected chi connectivity index (χ2v) is 5.14. The van der Waals surface area contributed by atoms with E-state index in [0.29, 0.717) is 5.46 Å². The molecule has 0 amide bonds. The van der Waals surface area contributed by atoms with Gasteiger partial charge in [0.2, 0.25) is 0 Å². The quantitative estimate of drug-likeness (QED) is 0.835. The molecule has 2 aromatic carbocycles. The third-order valence-electron chi connectivity index (χ3n) is 2.73. The largest absolute Gasteiger partial charge is 0.488 e. The molecule has 0 bridgehead atoms. The van der Waals surface area contributed by atoms with Crippen LogP contribution in [0.1, 0.15) is 18.1 Å². The Bertz CT molecular complexity index is 477. The monoisotopic (exact) mass is 320 g/mol. The predicted octanol–water partition coefficient (Wildman–Crippen LogP) is 2.69. The fourth-order valence-electron chi connectivity index (χ4n) is 1.64. The van der Waals surface area contributed by atoms with E-state index in [-0.39, 0.29) is 0 Å². The Morgan fingerprint density at radius 3 is 2.00 bits per heavy atom. The van der Waals surface area contributed by atoms with E-state index in [4.69, 9.17) is 10.0 Å². The maximum atomic E-state index is 8.89. The van der Waals surface area contributed by atoms with E-state index in [2.05, 4.69) is 35.0 Å². The van der Waals surface area contributed by atoms with Crippen molar-refractivity contribution in [3.8, 4) is 0 Å². The summed E-state index contributed by atoms with van der Waals surface area (Å²) in [4.78, 5) is 0. The van der Waals surface area contributed by atoms with Gasteiger partial charge < -0.3 is 10.0 Å². The molecule has 0 spiro atoms. The highest BCUT2D eigenvalue weighted by atomic mass is 79.9. The Morgan fingerprint density at radius 1 is 1.00 bits per heavy atom. The maximum absolute atomic E-state index is 8.89. The molecular weight excluding hydrogens is 303 g/mol. The van der Waals surface area contributed by atoms with Gasteiger partial charge in [0.05, 0.1) is 0 Å². The van der Waals surface area contributed by atoms with Crippen LogP contribution in [0.4, 0.5) is 0 Å². The number of aryl methyl sites for hydroxylation is 2. The summed E-state index contributed by atoms with van der Waals surface area (Å²) in [5.74, 6) is 0. The minimum atomic E-state index is -1.34. The summed E-state index contributed by atoms with van der Waals surface area (Å²) in [5, 5.41) is 17.8. The highest BCUT2D eigenvalue weighted by Crippen LogP contribution is 2.08. The van der Waals surface area contributed by atoms with E-state index >= 15 is 0 Å². The van der Waals surface area contributed by atoms with Crippen LogP contribution < -0.4 is 5.46 Å². The third-order valence-corrected chi connectivity index (χ3v) is 3.25. The van der Waals surface area contributed by atoms with Crippen LogP contribution in [-0.2, 0) is 6.42 Å². The van der Waals surface area contributed by atoms with Crippen LogP contribution in [0.5, 0.6) is 0 Å². The zero-order valence-electron chi connectivity index (χ0n) is 11.2. The zero-order chi connectivity index (χ0) is 14.3. The lowest BCUT2D eigenvalue weighted by molar-refractivity contribution is 0.425. The first-order valence-electron chi connectivity index (χ1n) is 6.20. The molecule has 4 heteroatoms. The molecule has 2 N–H and O–H groups in total. The molecule has 0 aliphatic heterocycles. The van der Waals surface area contributed by atoms with Gasteiger partial charge in [-0.3, -0.25) is 0 Å². The Kier molecular flexibility index (Phi) is 6.85. The normalized spacial score (nSPS) is 9.53.